The van der Waals surface area contributed by atoms with Crippen LogP contribution in [0, 0.1) is 0 Å². The number of aliphatic carboxylic acids is 1. The fourth-order valence-electron chi connectivity index (χ4n) is 3.11. The van der Waals surface area contributed by atoms with E-state index in [0.717, 1.165) is 23.6 Å². The van der Waals surface area contributed by atoms with Crippen LogP contribution in [-0.2, 0) is 4.79 Å². The monoisotopic (exact) mass is 417 g/mol. The van der Waals surface area contributed by atoms with Crippen molar-refractivity contribution in [2.75, 3.05) is 0 Å². The summed E-state index contributed by atoms with van der Waals surface area (Å²) >= 11 is 13.0. The molecule has 28 heavy (non-hydrogen) atoms. The molecular weight excluding hydrogens is 401 g/mol. The lowest BCUT2D eigenvalue weighted by atomic mass is 9.93. The van der Waals surface area contributed by atoms with Crippen molar-refractivity contribution in [2.24, 2.45) is 0 Å². The maximum atomic E-state index is 10.8. The number of carboxylic acids is 1. The smallest absolute Gasteiger partial charge is 0.300 e. The summed E-state index contributed by atoms with van der Waals surface area (Å²) < 4.78 is 1.37. The highest BCUT2D eigenvalue weighted by Gasteiger charge is 2.36. The first kappa shape index (κ1) is 20.2. The number of carbonyl (C=O) groups is 1. The Balaban J connectivity index is 0.000000516. The van der Waals surface area contributed by atoms with Gasteiger partial charge in [-0.3, -0.25) is 4.79 Å². The van der Waals surface area contributed by atoms with Gasteiger partial charge in [0.05, 0.1) is 11.7 Å². The maximum Gasteiger partial charge on any atom is 0.300 e. The number of hydrogen-bond donors (Lipinski definition) is 2. The van der Waals surface area contributed by atoms with Gasteiger partial charge in [0.25, 0.3) is 5.97 Å². The Bertz CT molecular complexity index is 996. The fraction of sp³-hybridized carbons (Fsp3) is 0.150. The number of benzene rings is 2. The first-order chi connectivity index (χ1) is 13.4. The molecule has 2 atom stereocenters. The molecule has 8 heteroatoms. The van der Waals surface area contributed by atoms with Crippen LogP contribution in [0.5, 0.6) is 0 Å². The number of nitrogens with zero attached hydrogens (tertiary/aromatic N) is 3. The zero-order chi connectivity index (χ0) is 20.3. The number of fused-ring (bicyclic) bond motifs is 3. The molecule has 6 nitrogen and oxygen atoms in total. The van der Waals surface area contributed by atoms with E-state index in [1.807, 2.05) is 48.5 Å². The minimum absolute atomic E-state index is 0.416. The van der Waals surface area contributed by atoms with Gasteiger partial charge in [0.1, 0.15) is 6.33 Å². The zero-order valence-corrected chi connectivity index (χ0v) is 16.3. The van der Waals surface area contributed by atoms with Crippen molar-refractivity contribution in [1.82, 2.24) is 14.4 Å². The predicted molar refractivity (Wildman–Crippen MR) is 107 cm³/mol. The first-order valence-electron chi connectivity index (χ1n) is 8.37. The molecule has 1 aliphatic heterocycles. The number of aliphatic hydroxyl groups excluding tert-OH is 1. The quantitative estimate of drug-likeness (QED) is 0.569. The predicted octanol–water partition coefficient (Wildman–Crippen LogP) is 4.44. The summed E-state index contributed by atoms with van der Waals surface area (Å²) in [5.41, 5.74) is 3.89. The van der Waals surface area contributed by atoms with Gasteiger partial charge >= 0.3 is 0 Å². The molecular formula is C20H17Cl2N3O3. The number of halogens is 2. The Morgan fingerprint density at radius 3 is 2.36 bits per heavy atom. The van der Waals surface area contributed by atoms with Crippen molar-refractivity contribution in [3.05, 3.63) is 82.8 Å². The molecule has 1 aromatic heterocycles. The molecule has 1 aliphatic rings. The van der Waals surface area contributed by atoms with Crippen molar-refractivity contribution >= 4 is 29.3 Å². The van der Waals surface area contributed by atoms with E-state index in [-0.39, 0.29) is 0 Å². The van der Waals surface area contributed by atoms with E-state index in [0.29, 0.717) is 16.3 Å². The van der Waals surface area contributed by atoms with E-state index >= 15 is 0 Å². The van der Waals surface area contributed by atoms with Crippen LogP contribution >= 0.6 is 23.4 Å². The summed E-state index contributed by atoms with van der Waals surface area (Å²) in [6.07, 6.45) is 2.00. The van der Waals surface area contributed by atoms with Gasteiger partial charge < -0.3 is 10.2 Å². The average Bonchev–Trinajstić information content (AvgIpc) is 2.77. The molecule has 2 aromatic carbocycles. The van der Waals surface area contributed by atoms with Crippen LogP contribution in [0.4, 0.5) is 0 Å². The van der Waals surface area contributed by atoms with Crippen LogP contribution in [0.3, 0.4) is 0 Å². The minimum Gasteiger partial charge on any atom is -0.481 e. The molecule has 144 valence electrons. The summed E-state index contributed by atoms with van der Waals surface area (Å²) in [4.78, 5) is 17.4. The second-order valence-corrected chi connectivity index (χ2v) is 6.87. The summed E-state index contributed by atoms with van der Waals surface area (Å²) in [5.74, 6) is -0.833. The van der Waals surface area contributed by atoms with Crippen LogP contribution < -0.4 is 0 Å². The zero-order valence-electron chi connectivity index (χ0n) is 14.8. The molecule has 2 N–H and O–H groups in total. The molecule has 0 saturated heterocycles. The van der Waals surface area contributed by atoms with Crippen LogP contribution in [0.2, 0.25) is 5.02 Å². The van der Waals surface area contributed by atoms with E-state index in [2.05, 4.69) is 9.97 Å². The molecule has 0 saturated carbocycles. The largest absolute Gasteiger partial charge is 0.481 e. The highest BCUT2D eigenvalue weighted by molar-refractivity contribution is 6.31. The SMILES string of the molecule is CC(=O)O.OC1c2cncnc2-c2ccccc2C(c2ccccc2Cl)N1Cl. The molecule has 0 spiro atoms. The summed E-state index contributed by atoms with van der Waals surface area (Å²) in [6.45, 7) is 1.08. The lowest BCUT2D eigenvalue weighted by molar-refractivity contribution is -0.134. The first-order valence-corrected chi connectivity index (χ1v) is 9.08. The van der Waals surface area contributed by atoms with Gasteiger partial charge in [-0.1, -0.05) is 54.1 Å². The molecule has 0 radical (unpaired) electrons. The Morgan fingerprint density at radius 2 is 1.68 bits per heavy atom. The third-order valence-electron chi connectivity index (χ3n) is 4.21. The number of rotatable bonds is 1. The highest BCUT2D eigenvalue weighted by atomic mass is 35.5. The van der Waals surface area contributed by atoms with E-state index < -0.39 is 18.2 Å². The Morgan fingerprint density at radius 1 is 1.07 bits per heavy atom. The van der Waals surface area contributed by atoms with Crippen LogP contribution in [0.15, 0.2) is 61.1 Å². The molecule has 0 fully saturated rings. The second-order valence-electron chi connectivity index (χ2n) is 6.07. The van der Waals surface area contributed by atoms with Gasteiger partial charge in [0, 0.05) is 29.3 Å². The summed E-state index contributed by atoms with van der Waals surface area (Å²) in [5, 5.41) is 18.8. The molecule has 0 amide bonds. The van der Waals surface area contributed by atoms with Crippen molar-refractivity contribution in [3.8, 4) is 11.3 Å². The fourth-order valence-corrected chi connectivity index (χ4v) is 3.66. The Labute approximate surface area is 172 Å². The van der Waals surface area contributed by atoms with Crippen LogP contribution in [-0.4, -0.2) is 30.6 Å². The second kappa shape index (κ2) is 8.67. The van der Waals surface area contributed by atoms with Crippen molar-refractivity contribution < 1.29 is 15.0 Å². The van der Waals surface area contributed by atoms with Crippen molar-refractivity contribution in [3.63, 3.8) is 0 Å². The summed E-state index contributed by atoms with van der Waals surface area (Å²) in [7, 11) is 0. The molecule has 2 heterocycles. The average molecular weight is 418 g/mol. The standard InChI is InChI=1S/C18H13Cl2N3O.C2H4O2/c19-15-8-4-3-7-13(15)17-12-6-2-1-5-11(12)16-14(9-21-10-22-16)18(24)23(17)20;1-2(3)4/h1-10,17-18,24H;1H3,(H,3,4). The molecule has 0 aliphatic carbocycles. The van der Waals surface area contributed by atoms with Crippen LogP contribution in [0.25, 0.3) is 11.3 Å². The van der Waals surface area contributed by atoms with Gasteiger partial charge in [-0.15, -0.1) is 0 Å². The van der Waals surface area contributed by atoms with Gasteiger partial charge in [-0.25, -0.2) is 9.97 Å². The van der Waals surface area contributed by atoms with Gasteiger partial charge in [0.15, 0.2) is 6.23 Å². The lowest BCUT2D eigenvalue weighted by Gasteiger charge is -2.29. The molecule has 3 aromatic rings. The van der Waals surface area contributed by atoms with Gasteiger partial charge in [-0.2, -0.15) is 4.42 Å². The van der Waals surface area contributed by atoms with Gasteiger partial charge in [0.2, 0.25) is 0 Å². The maximum absolute atomic E-state index is 10.8. The number of hydrogen-bond acceptors (Lipinski definition) is 5. The Kier molecular flexibility index (Phi) is 6.26. The number of carboxylic acid groups (broad SMARTS) is 1. The molecule has 4 rings (SSSR count). The molecule has 0 bridgehead atoms. The van der Waals surface area contributed by atoms with Crippen LogP contribution in [0.1, 0.15) is 35.9 Å². The topological polar surface area (TPSA) is 86.5 Å². The normalized spacial score (nSPS) is 18.1. The minimum atomic E-state index is -1.06. The third kappa shape index (κ3) is 4.00. The van der Waals surface area contributed by atoms with E-state index in [1.165, 1.54) is 10.7 Å². The van der Waals surface area contributed by atoms with Crippen molar-refractivity contribution in [2.45, 2.75) is 19.2 Å². The van der Waals surface area contributed by atoms with E-state index in [1.54, 1.807) is 6.20 Å². The summed E-state index contributed by atoms with van der Waals surface area (Å²) in [6, 6.07) is 14.9. The van der Waals surface area contributed by atoms with E-state index in [4.69, 9.17) is 33.3 Å². The van der Waals surface area contributed by atoms with Crippen molar-refractivity contribution in [1.29, 1.82) is 0 Å². The molecule has 2 unspecified atom stereocenters. The number of aliphatic hydroxyl groups is 1. The Hall–Kier alpha value is -2.51. The highest BCUT2D eigenvalue weighted by Crippen LogP contribution is 2.46. The van der Waals surface area contributed by atoms with E-state index in [9.17, 15) is 5.11 Å². The van der Waals surface area contributed by atoms with Gasteiger partial charge in [-0.05, 0) is 29.0 Å². The number of aromatic nitrogens is 2. The lowest BCUT2D eigenvalue weighted by Crippen LogP contribution is -2.24. The third-order valence-corrected chi connectivity index (χ3v) is 4.93.